The minimum Gasteiger partial charge on any atom is -0.338 e. The molecule has 1 aromatic carbocycles. The van der Waals surface area contributed by atoms with Crippen molar-refractivity contribution in [3.8, 4) is 11.3 Å². The molecule has 1 aliphatic heterocycles. The van der Waals surface area contributed by atoms with Gasteiger partial charge in [0, 0.05) is 55.8 Å². The van der Waals surface area contributed by atoms with E-state index in [1.54, 1.807) is 12.4 Å². The monoisotopic (exact) mass is 379 g/mol. The molecule has 7 heteroatoms. The topological polar surface area (TPSA) is 63.9 Å². The van der Waals surface area contributed by atoms with Gasteiger partial charge in [-0.15, -0.1) is 0 Å². The van der Waals surface area contributed by atoms with E-state index in [2.05, 4.69) is 22.1 Å². The fourth-order valence-corrected chi connectivity index (χ4v) is 3.84. The number of carbonyl (C=O) groups is 1. The highest BCUT2D eigenvalue weighted by molar-refractivity contribution is 7.98. The average Bonchev–Trinajstić information content (AvgIpc) is 2.89. The van der Waals surface area contributed by atoms with Crippen molar-refractivity contribution in [1.29, 1.82) is 0 Å². The van der Waals surface area contributed by atoms with E-state index in [9.17, 15) is 4.79 Å². The van der Waals surface area contributed by atoms with Gasteiger partial charge in [0.25, 0.3) is 5.91 Å². The lowest BCUT2D eigenvalue weighted by molar-refractivity contribution is 0.0761. The normalized spacial score (nSPS) is 13.9. The van der Waals surface area contributed by atoms with Crippen LogP contribution in [0.1, 0.15) is 21.6 Å². The summed E-state index contributed by atoms with van der Waals surface area (Å²) in [4.78, 5) is 23.2. The zero-order chi connectivity index (χ0) is 18.8. The van der Waals surface area contributed by atoms with Crippen LogP contribution in [0.4, 0.5) is 0 Å². The lowest BCUT2D eigenvalue weighted by Gasteiger charge is -2.20. The molecule has 0 saturated carbocycles. The number of benzene rings is 1. The van der Waals surface area contributed by atoms with Crippen LogP contribution in [0.3, 0.4) is 0 Å². The Balaban J connectivity index is 1.57. The third-order valence-electron chi connectivity index (χ3n) is 4.92. The molecule has 2 aromatic heterocycles. The first-order valence-corrected chi connectivity index (χ1v) is 10.2. The van der Waals surface area contributed by atoms with E-state index in [1.165, 1.54) is 23.0 Å². The number of aromatic nitrogens is 4. The number of amides is 1. The third-order valence-corrected chi connectivity index (χ3v) is 5.49. The second-order valence-corrected chi connectivity index (χ2v) is 7.29. The number of carbonyl (C=O) groups excluding carboxylic acids is 1. The molecule has 6 nitrogen and oxygen atoms in total. The second kappa shape index (κ2) is 7.52. The Morgan fingerprint density at radius 1 is 1.07 bits per heavy atom. The van der Waals surface area contributed by atoms with Crippen molar-refractivity contribution in [2.45, 2.75) is 18.0 Å². The molecule has 3 aromatic rings. The van der Waals surface area contributed by atoms with Crippen molar-refractivity contribution >= 4 is 17.7 Å². The van der Waals surface area contributed by atoms with Crippen molar-refractivity contribution in [3.05, 3.63) is 59.5 Å². The summed E-state index contributed by atoms with van der Waals surface area (Å²) in [6.07, 6.45) is 6.75. The number of aryl methyl sites for hydroxylation is 1. The van der Waals surface area contributed by atoms with Gasteiger partial charge in [0.05, 0.1) is 11.3 Å². The first kappa shape index (κ1) is 17.7. The van der Waals surface area contributed by atoms with Gasteiger partial charge in [0.1, 0.15) is 0 Å². The van der Waals surface area contributed by atoms with E-state index in [-0.39, 0.29) is 5.91 Å². The van der Waals surface area contributed by atoms with E-state index in [0.717, 1.165) is 24.1 Å². The van der Waals surface area contributed by atoms with Crippen LogP contribution in [0.15, 0.2) is 47.9 Å². The molecule has 0 N–H and O–H groups in total. The van der Waals surface area contributed by atoms with Crippen LogP contribution in [0.2, 0.25) is 0 Å². The first-order valence-electron chi connectivity index (χ1n) is 8.93. The number of hydrogen-bond acceptors (Lipinski definition) is 5. The second-order valence-electron chi connectivity index (χ2n) is 6.51. The van der Waals surface area contributed by atoms with Crippen molar-refractivity contribution in [1.82, 2.24) is 24.6 Å². The fourth-order valence-electron chi connectivity index (χ4n) is 3.52. The van der Waals surface area contributed by atoms with Gasteiger partial charge >= 0.3 is 0 Å². The standard InChI is InChI=1S/C20H21N5OS/c1-24-17-9-11-25(19(26)15-12-21-20(27-2)22-13-15)10-8-16(17)18(23-24)14-6-4-3-5-7-14/h3-7,12-13H,8-11H2,1-2H3. The Morgan fingerprint density at radius 3 is 2.48 bits per heavy atom. The van der Waals surface area contributed by atoms with Crippen LogP contribution in [0.5, 0.6) is 0 Å². The Labute approximate surface area is 162 Å². The fraction of sp³-hybridized carbons (Fsp3) is 0.300. The van der Waals surface area contributed by atoms with E-state index >= 15 is 0 Å². The summed E-state index contributed by atoms with van der Waals surface area (Å²) < 4.78 is 1.96. The smallest absolute Gasteiger partial charge is 0.257 e. The van der Waals surface area contributed by atoms with E-state index < -0.39 is 0 Å². The summed E-state index contributed by atoms with van der Waals surface area (Å²) in [6.45, 7) is 1.34. The SMILES string of the molecule is CSc1ncc(C(=O)N2CCc3c(-c4ccccc4)nn(C)c3CC2)cn1. The van der Waals surface area contributed by atoms with Gasteiger partial charge in [0.15, 0.2) is 5.16 Å². The summed E-state index contributed by atoms with van der Waals surface area (Å²) in [6, 6.07) is 10.2. The number of rotatable bonds is 3. The highest BCUT2D eigenvalue weighted by Crippen LogP contribution is 2.28. The number of hydrogen-bond donors (Lipinski definition) is 0. The first-order chi connectivity index (χ1) is 13.2. The molecular weight excluding hydrogens is 358 g/mol. The lowest BCUT2D eigenvalue weighted by atomic mass is 10.0. The molecule has 0 bridgehead atoms. The molecule has 0 fully saturated rings. The number of nitrogens with zero attached hydrogens (tertiary/aromatic N) is 5. The van der Waals surface area contributed by atoms with Gasteiger partial charge < -0.3 is 4.90 Å². The third kappa shape index (κ3) is 3.47. The maximum atomic E-state index is 12.9. The Kier molecular flexibility index (Phi) is 4.94. The highest BCUT2D eigenvalue weighted by atomic mass is 32.2. The predicted octanol–water partition coefficient (Wildman–Crippen LogP) is 2.84. The molecule has 0 unspecified atom stereocenters. The van der Waals surface area contributed by atoms with Crippen LogP contribution >= 0.6 is 11.8 Å². The maximum Gasteiger partial charge on any atom is 0.257 e. The van der Waals surface area contributed by atoms with Crippen LogP contribution in [-0.2, 0) is 19.9 Å². The van der Waals surface area contributed by atoms with Crippen LogP contribution in [-0.4, -0.2) is 49.9 Å². The summed E-state index contributed by atoms with van der Waals surface area (Å²) in [5, 5.41) is 5.42. The van der Waals surface area contributed by atoms with Gasteiger partial charge in [-0.05, 0) is 12.7 Å². The Morgan fingerprint density at radius 2 is 1.78 bits per heavy atom. The van der Waals surface area contributed by atoms with Gasteiger partial charge in [0.2, 0.25) is 0 Å². The summed E-state index contributed by atoms with van der Waals surface area (Å²) in [7, 11) is 1.98. The Hall–Kier alpha value is -2.67. The minimum atomic E-state index is -0.00956. The zero-order valence-electron chi connectivity index (χ0n) is 15.4. The summed E-state index contributed by atoms with van der Waals surface area (Å²) in [5.41, 5.74) is 5.14. The number of fused-ring (bicyclic) bond motifs is 1. The zero-order valence-corrected chi connectivity index (χ0v) is 16.2. The van der Waals surface area contributed by atoms with Crippen LogP contribution in [0, 0.1) is 0 Å². The van der Waals surface area contributed by atoms with Crippen molar-refractivity contribution < 1.29 is 4.79 Å². The molecule has 1 amide bonds. The lowest BCUT2D eigenvalue weighted by Crippen LogP contribution is -2.33. The molecule has 0 saturated heterocycles. The average molecular weight is 379 g/mol. The van der Waals surface area contributed by atoms with E-state index in [4.69, 9.17) is 5.10 Å². The van der Waals surface area contributed by atoms with Gasteiger partial charge in [-0.3, -0.25) is 9.48 Å². The summed E-state index contributed by atoms with van der Waals surface area (Å²) >= 11 is 1.47. The largest absolute Gasteiger partial charge is 0.338 e. The van der Waals surface area contributed by atoms with Crippen molar-refractivity contribution in [3.63, 3.8) is 0 Å². The van der Waals surface area contributed by atoms with Gasteiger partial charge in [-0.2, -0.15) is 5.10 Å². The van der Waals surface area contributed by atoms with Gasteiger partial charge in [-0.1, -0.05) is 42.1 Å². The molecule has 0 atom stereocenters. The quantitative estimate of drug-likeness (QED) is 0.517. The molecule has 0 aliphatic carbocycles. The molecule has 0 radical (unpaired) electrons. The minimum absolute atomic E-state index is 0.00956. The molecule has 138 valence electrons. The molecule has 3 heterocycles. The van der Waals surface area contributed by atoms with Gasteiger partial charge in [-0.25, -0.2) is 9.97 Å². The molecular formula is C20H21N5OS. The van der Waals surface area contributed by atoms with E-state index in [1.807, 2.05) is 41.1 Å². The molecule has 0 spiro atoms. The Bertz CT molecular complexity index is 953. The van der Waals surface area contributed by atoms with Crippen LogP contribution < -0.4 is 0 Å². The predicted molar refractivity (Wildman–Crippen MR) is 106 cm³/mol. The molecule has 1 aliphatic rings. The maximum absolute atomic E-state index is 12.9. The molecule has 27 heavy (non-hydrogen) atoms. The molecule has 4 rings (SSSR count). The van der Waals surface area contributed by atoms with E-state index in [0.29, 0.717) is 23.8 Å². The van der Waals surface area contributed by atoms with Crippen molar-refractivity contribution in [2.75, 3.05) is 19.3 Å². The highest BCUT2D eigenvalue weighted by Gasteiger charge is 2.25. The van der Waals surface area contributed by atoms with Crippen molar-refractivity contribution in [2.24, 2.45) is 7.05 Å². The summed E-state index contributed by atoms with van der Waals surface area (Å²) in [5.74, 6) is -0.00956. The van der Waals surface area contributed by atoms with Crippen LogP contribution in [0.25, 0.3) is 11.3 Å². The number of thioether (sulfide) groups is 1.